The molecule has 1 fully saturated rings. The fraction of sp³-hybridized carbons (Fsp3) is 0.391. The average molecular weight is 495 g/mol. The van der Waals surface area contributed by atoms with Gasteiger partial charge in [0.25, 0.3) is 5.91 Å². The number of sulfonamides is 1. The van der Waals surface area contributed by atoms with Crippen molar-refractivity contribution >= 4 is 39.2 Å². The van der Waals surface area contributed by atoms with Crippen LogP contribution in [0.5, 0.6) is 0 Å². The van der Waals surface area contributed by atoms with E-state index in [4.69, 9.17) is 21.1 Å². The van der Waals surface area contributed by atoms with Crippen molar-refractivity contribution in [2.45, 2.75) is 50.2 Å². The molecule has 0 spiro atoms. The van der Waals surface area contributed by atoms with E-state index in [2.05, 4.69) is 10.0 Å². The second-order valence-electron chi connectivity index (χ2n) is 7.72. The summed E-state index contributed by atoms with van der Waals surface area (Å²) in [5, 5.41) is 2.65. The van der Waals surface area contributed by atoms with Crippen LogP contribution in [0.4, 0.5) is 5.69 Å². The molecule has 10 heteroatoms. The van der Waals surface area contributed by atoms with E-state index in [0.717, 1.165) is 30.9 Å². The van der Waals surface area contributed by atoms with E-state index in [1.807, 2.05) is 19.1 Å². The molecule has 3 rings (SSSR count). The van der Waals surface area contributed by atoms with Gasteiger partial charge in [-0.1, -0.05) is 30.7 Å². The Bertz CT molecular complexity index is 1100. The van der Waals surface area contributed by atoms with E-state index in [0.29, 0.717) is 12.3 Å². The number of halogens is 1. The molecular formula is C23H27ClN2O6S. The number of aryl methyl sites for hydroxylation is 1. The summed E-state index contributed by atoms with van der Waals surface area (Å²) in [5.74, 6) is -1.35. The van der Waals surface area contributed by atoms with Crippen molar-refractivity contribution in [1.82, 2.24) is 4.72 Å². The van der Waals surface area contributed by atoms with E-state index in [9.17, 15) is 18.0 Å². The predicted molar refractivity (Wildman–Crippen MR) is 125 cm³/mol. The molecule has 33 heavy (non-hydrogen) atoms. The number of anilines is 1. The van der Waals surface area contributed by atoms with Crippen molar-refractivity contribution in [3.8, 4) is 0 Å². The maximum Gasteiger partial charge on any atom is 0.338 e. The van der Waals surface area contributed by atoms with Gasteiger partial charge in [-0.25, -0.2) is 17.9 Å². The highest BCUT2D eigenvalue weighted by atomic mass is 35.5. The summed E-state index contributed by atoms with van der Waals surface area (Å²) in [6, 6.07) is 11.1. The first-order chi connectivity index (χ1) is 15.7. The Balaban J connectivity index is 1.64. The van der Waals surface area contributed by atoms with Gasteiger partial charge in [0, 0.05) is 18.8 Å². The zero-order valence-corrected chi connectivity index (χ0v) is 20.0. The molecule has 8 nitrogen and oxygen atoms in total. The third-order valence-corrected chi connectivity index (χ3v) is 7.17. The number of rotatable bonds is 9. The standard InChI is InChI=1S/C23H27ClN2O6S/c1-3-16-6-9-18(10-7-16)26-22(27)15(2)32-23(28)17-8-11-20(24)21(13-17)33(29,30)25-14-19-5-4-12-31-19/h6-11,13,15,19,25H,3-5,12,14H2,1-2H3,(H,26,27). The SMILES string of the molecule is CCc1ccc(NC(=O)C(C)OC(=O)c2ccc(Cl)c(S(=O)(=O)NCC3CCCO3)c2)cc1. The molecular weight excluding hydrogens is 468 g/mol. The largest absolute Gasteiger partial charge is 0.449 e. The smallest absolute Gasteiger partial charge is 0.338 e. The van der Waals surface area contributed by atoms with Gasteiger partial charge in [0.1, 0.15) is 4.90 Å². The predicted octanol–water partition coefficient (Wildman–Crippen LogP) is 3.54. The van der Waals surface area contributed by atoms with Gasteiger partial charge in [0.05, 0.1) is 16.7 Å². The molecule has 2 N–H and O–H groups in total. The molecule has 1 saturated heterocycles. The quantitative estimate of drug-likeness (QED) is 0.516. The van der Waals surface area contributed by atoms with Crippen LogP contribution in [0.3, 0.4) is 0 Å². The van der Waals surface area contributed by atoms with E-state index in [1.165, 1.54) is 19.1 Å². The molecule has 1 aliphatic rings. The van der Waals surface area contributed by atoms with Crippen LogP contribution in [0.15, 0.2) is 47.4 Å². The van der Waals surface area contributed by atoms with Crippen LogP contribution in [0, 0.1) is 0 Å². The molecule has 1 aliphatic heterocycles. The minimum atomic E-state index is -3.97. The summed E-state index contributed by atoms with van der Waals surface area (Å²) in [4.78, 5) is 24.7. The number of benzene rings is 2. The maximum atomic E-state index is 12.7. The maximum absolute atomic E-state index is 12.7. The lowest BCUT2D eigenvalue weighted by Crippen LogP contribution is -2.32. The number of amides is 1. The van der Waals surface area contributed by atoms with Crippen molar-refractivity contribution < 1.29 is 27.5 Å². The molecule has 178 valence electrons. The summed E-state index contributed by atoms with van der Waals surface area (Å²) in [6.45, 7) is 4.18. The number of ether oxygens (including phenoxy) is 2. The van der Waals surface area contributed by atoms with E-state index >= 15 is 0 Å². The fourth-order valence-electron chi connectivity index (χ4n) is 3.27. The van der Waals surface area contributed by atoms with E-state index in [1.54, 1.807) is 12.1 Å². The first-order valence-electron chi connectivity index (χ1n) is 10.7. The highest BCUT2D eigenvalue weighted by Gasteiger charge is 2.25. The first kappa shape index (κ1) is 25.2. The van der Waals surface area contributed by atoms with Crippen LogP contribution in [0.1, 0.15) is 42.6 Å². The Labute approximate surface area is 198 Å². The van der Waals surface area contributed by atoms with Gasteiger partial charge in [0.2, 0.25) is 10.0 Å². The van der Waals surface area contributed by atoms with Gasteiger partial charge in [0.15, 0.2) is 6.10 Å². The molecule has 1 heterocycles. The molecule has 2 atom stereocenters. The fourth-order valence-corrected chi connectivity index (χ4v) is 4.86. The Hall–Kier alpha value is -2.46. The van der Waals surface area contributed by atoms with Gasteiger partial charge in [-0.3, -0.25) is 4.79 Å². The monoisotopic (exact) mass is 494 g/mol. The Morgan fingerprint density at radius 3 is 2.58 bits per heavy atom. The Kier molecular flexibility index (Phi) is 8.47. The number of carbonyl (C=O) groups excluding carboxylic acids is 2. The first-order valence-corrected chi connectivity index (χ1v) is 12.6. The van der Waals surface area contributed by atoms with E-state index < -0.39 is 28.0 Å². The molecule has 0 radical (unpaired) electrons. The summed E-state index contributed by atoms with van der Waals surface area (Å²) in [7, 11) is -3.97. The highest BCUT2D eigenvalue weighted by Crippen LogP contribution is 2.24. The summed E-state index contributed by atoms with van der Waals surface area (Å²) in [5.41, 5.74) is 1.67. The Morgan fingerprint density at radius 2 is 1.94 bits per heavy atom. The molecule has 0 aliphatic carbocycles. The molecule has 0 saturated carbocycles. The third-order valence-electron chi connectivity index (χ3n) is 5.26. The van der Waals surface area contributed by atoms with Crippen LogP contribution in [0.25, 0.3) is 0 Å². The van der Waals surface area contributed by atoms with Crippen molar-refractivity contribution in [3.63, 3.8) is 0 Å². The number of nitrogens with one attached hydrogen (secondary N) is 2. The van der Waals surface area contributed by atoms with Crippen LogP contribution in [0.2, 0.25) is 5.02 Å². The zero-order valence-electron chi connectivity index (χ0n) is 18.5. The second-order valence-corrected chi connectivity index (χ2v) is 9.86. The van der Waals surface area contributed by atoms with Crippen LogP contribution >= 0.6 is 11.6 Å². The van der Waals surface area contributed by atoms with Gasteiger partial charge in [-0.15, -0.1) is 0 Å². The summed E-state index contributed by atoms with van der Waals surface area (Å²) < 4.78 is 38.5. The lowest BCUT2D eigenvalue weighted by atomic mass is 10.1. The van der Waals surface area contributed by atoms with Crippen molar-refractivity contribution in [2.24, 2.45) is 0 Å². The molecule has 2 unspecified atom stereocenters. The molecule has 0 aromatic heterocycles. The molecule has 0 bridgehead atoms. The third kappa shape index (κ3) is 6.77. The number of esters is 1. The topological polar surface area (TPSA) is 111 Å². The summed E-state index contributed by atoms with van der Waals surface area (Å²) >= 11 is 6.08. The van der Waals surface area contributed by atoms with Crippen LogP contribution in [-0.2, 0) is 30.7 Å². The Morgan fingerprint density at radius 1 is 1.21 bits per heavy atom. The normalized spacial score (nSPS) is 16.9. The molecule has 2 aromatic carbocycles. The molecule has 1 amide bonds. The lowest BCUT2D eigenvalue weighted by molar-refractivity contribution is -0.123. The minimum absolute atomic E-state index is 0.0345. The van der Waals surface area contributed by atoms with Crippen molar-refractivity contribution in [3.05, 3.63) is 58.6 Å². The zero-order chi connectivity index (χ0) is 24.0. The van der Waals surface area contributed by atoms with Crippen molar-refractivity contribution in [2.75, 3.05) is 18.5 Å². The van der Waals surface area contributed by atoms with Gasteiger partial charge >= 0.3 is 5.97 Å². The number of carbonyl (C=O) groups is 2. The number of hydrogen-bond donors (Lipinski definition) is 2. The van der Waals surface area contributed by atoms with Gasteiger partial charge in [-0.2, -0.15) is 0 Å². The van der Waals surface area contributed by atoms with E-state index in [-0.39, 0.29) is 28.1 Å². The van der Waals surface area contributed by atoms with Crippen molar-refractivity contribution in [1.29, 1.82) is 0 Å². The van der Waals surface area contributed by atoms with Crippen LogP contribution in [-0.4, -0.2) is 45.7 Å². The lowest BCUT2D eigenvalue weighted by Gasteiger charge is -2.15. The second kappa shape index (κ2) is 11.1. The minimum Gasteiger partial charge on any atom is -0.449 e. The van der Waals surface area contributed by atoms with Crippen LogP contribution < -0.4 is 10.0 Å². The van der Waals surface area contributed by atoms with Gasteiger partial charge < -0.3 is 14.8 Å². The summed E-state index contributed by atoms with van der Waals surface area (Å²) in [6.07, 6.45) is 1.24. The number of hydrogen-bond acceptors (Lipinski definition) is 6. The highest BCUT2D eigenvalue weighted by molar-refractivity contribution is 7.89. The van der Waals surface area contributed by atoms with Gasteiger partial charge in [-0.05, 0) is 62.1 Å². The average Bonchev–Trinajstić information content (AvgIpc) is 3.32. The molecule has 2 aromatic rings.